The third kappa shape index (κ3) is 1.61. The summed E-state index contributed by atoms with van der Waals surface area (Å²) >= 11 is 0. The summed E-state index contributed by atoms with van der Waals surface area (Å²) < 4.78 is 2.19. The predicted octanol–water partition coefficient (Wildman–Crippen LogP) is 1.42. The normalized spacial score (nSPS) is 21.5. The third-order valence-electron chi connectivity index (χ3n) is 2.75. The molecule has 2 N–H and O–H groups in total. The lowest BCUT2D eigenvalue weighted by Crippen LogP contribution is -2.21. The molecule has 0 bridgehead atoms. The third-order valence-corrected chi connectivity index (χ3v) is 2.75. The van der Waals surface area contributed by atoms with Crippen molar-refractivity contribution in [2.45, 2.75) is 38.6 Å². The molecule has 2 heterocycles. The summed E-state index contributed by atoms with van der Waals surface area (Å²) in [5.74, 6) is 0. The van der Waals surface area contributed by atoms with Gasteiger partial charge in [-0.1, -0.05) is 0 Å². The van der Waals surface area contributed by atoms with Gasteiger partial charge in [-0.25, -0.2) is 0 Å². The van der Waals surface area contributed by atoms with Crippen LogP contribution in [-0.2, 0) is 6.42 Å². The maximum Gasteiger partial charge on any atom is 0.0596 e. The van der Waals surface area contributed by atoms with Crippen molar-refractivity contribution >= 4 is 0 Å². The van der Waals surface area contributed by atoms with E-state index < -0.39 is 0 Å². The Morgan fingerprint density at radius 1 is 1.69 bits per heavy atom. The fourth-order valence-electron chi connectivity index (χ4n) is 2.17. The maximum atomic E-state index is 5.58. The molecule has 0 saturated heterocycles. The van der Waals surface area contributed by atoms with E-state index in [-0.39, 0.29) is 0 Å². The van der Waals surface area contributed by atoms with Gasteiger partial charge in [-0.05, 0) is 45.2 Å². The Balaban J connectivity index is 2.25. The lowest BCUT2D eigenvalue weighted by molar-refractivity contribution is 0.349. The molecule has 2 rings (SSSR count). The Morgan fingerprint density at radius 3 is 3.31 bits per heavy atom. The van der Waals surface area contributed by atoms with E-state index in [1.165, 1.54) is 25.0 Å². The molecule has 0 spiro atoms. The molecule has 13 heavy (non-hydrogen) atoms. The Morgan fingerprint density at radius 2 is 2.54 bits per heavy atom. The van der Waals surface area contributed by atoms with Crippen LogP contribution in [0.15, 0.2) is 6.07 Å². The zero-order valence-corrected chi connectivity index (χ0v) is 8.16. The molecule has 0 aliphatic carbocycles. The van der Waals surface area contributed by atoms with Crippen molar-refractivity contribution < 1.29 is 0 Å². The standard InChI is InChI=1S/C10H17N3/c1-8-7-10-4-2-3-9(5-6-11)13(10)12-8/h7,9H,2-6,11H2,1H3. The van der Waals surface area contributed by atoms with Gasteiger partial charge < -0.3 is 5.73 Å². The van der Waals surface area contributed by atoms with E-state index in [1.54, 1.807) is 0 Å². The van der Waals surface area contributed by atoms with Gasteiger partial charge in [0.2, 0.25) is 0 Å². The van der Waals surface area contributed by atoms with E-state index in [2.05, 4.69) is 22.8 Å². The summed E-state index contributed by atoms with van der Waals surface area (Å²) in [7, 11) is 0. The number of nitrogens with two attached hydrogens (primary N) is 1. The van der Waals surface area contributed by atoms with Crippen molar-refractivity contribution in [3.05, 3.63) is 17.5 Å². The SMILES string of the molecule is Cc1cc2n(n1)C(CCN)CCC2. The van der Waals surface area contributed by atoms with Gasteiger partial charge in [0.1, 0.15) is 0 Å². The largest absolute Gasteiger partial charge is 0.330 e. The average molecular weight is 179 g/mol. The second-order valence-corrected chi connectivity index (χ2v) is 3.85. The first-order chi connectivity index (χ1) is 6.31. The van der Waals surface area contributed by atoms with Crippen molar-refractivity contribution in [3.8, 4) is 0 Å². The molecule has 0 amide bonds. The first-order valence-electron chi connectivity index (χ1n) is 5.06. The molecule has 1 aromatic rings. The van der Waals surface area contributed by atoms with E-state index in [0.29, 0.717) is 6.04 Å². The molecule has 0 radical (unpaired) electrons. The Hall–Kier alpha value is -0.830. The summed E-state index contributed by atoms with van der Waals surface area (Å²) in [5.41, 5.74) is 8.11. The van der Waals surface area contributed by atoms with Crippen LogP contribution in [0, 0.1) is 6.92 Å². The summed E-state index contributed by atoms with van der Waals surface area (Å²) in [5, 5.41) is 4.51. The zero-order valence-electron chi connectivity index (χ0n) is 8.16. The van der Waals surface area contributed by atoms with Crippen molar-refractivity contribution in [2.24, 2.45) is 5.73 Å². The molecule has 1 unspecified atom stereocenters. The van der Waals surface area contributed by atoms with Crippen molar-refractivity contribution in [1.29, 1.82) is 0 Å². The monoisotopic (exact) mass is 179 g/mol. The molecule has 3 heteroatoms. The van der Waals surface area contributed by atoms with Gasteiger partial charge in [-0.3, -0.25) is 4.68 Å². The molecule has 0 fully saturated rings. The van der Waals surface area contributed by atoms with E-state index >= 15 is 0 Å². The van der Waals surface area contributed by atoms with Gasteiger partial charge in [-0.2, -0.15) is 5.10 Å². The van der Waals surface area contributed by atoms with Crippen LogP contribution in [0.5, 0.6) is 0 Å². The van der Waals surface area contributed by atoms with E-state index in [4.69, 9.17) is 5.73 Å². The minimum atomic E-state index is 0.558. The van der Waals surface area contributed by atoms with Crippen LogP contribution in [0.2, 0.25) is 0 Å². The van der Waals surface area contributed by atoms with E-state index in [1.807, 2.05) is 0 Å². The van der Waals surface area contributed by atoms with Crippen LogP contribution in [-0.4, -0.2) is 16.3 Å². The number of aryl methyl sites for hydroxylation is 2. The van der Waals surface area contributed by atoms with Crippen molar-refractivity contribution in [2.75, 3.05) is 6.54 Å². The van der Waals surface area contributed by atoms with Gasteiger partial charge in [0, 0.05) is 5.69 Å². The van der Waals surface area contributed by atoms with Crippen LogP contribution >= 0.6 is 0 Å². The molecule has 72 valence electrons. The van der Waals surface area contributed by atoms with E-state index in [0.717, 1.165) is 18.7 Å². The molecule has 3 nitrogen and oxygen atoms in total. The number of fused-ring (bicyclic) bond motifs is 1. The summed E-state index contributed by atoms with van der Waals surface area (Å²) in [4.78, 5) is 0. The highest BCUT2D eigenvalue weighted by atomic mass is 15.3. The number of aromatic nitrogens is 2. The van der Waals surface area contributed by atoms with Crippen LogP contribution in [0.25, 0.3) is 0 Å². The fourth-order valence-corrected chi connectivity index (χ4v) is 2.17. The molecule has 0 aromatic carbocycles. The smallest absolute Gasteiger partial charge is 0.0596 e. The van der Waals surface area contributed by atoms with Gasteiger partial charge in [-0.15, -0.1) is 0 Å². The average Bonchev–Trinajstić information content (AvgIpc) is 2.47. The van der Waals surface area contributed by atoms with Crippen molar-refractivity contribution in [3.63, 3.8) is 0 Å². The highest BCUT2D eigenvalue weighted by Crippen LogP contribution is 2.26. The first kappa shape index (κ1) is 8.75. The lowest BCUT2D eigenvalue weighted by Gasteiger charge is -2.23. The number of rotatable bonds is 2. The highest BCUT2D eigenvalue weighted by Gasteiger charge is 2.19. The molecule has 1 aromatic heterocycles. The Kier molecular flexibility index (Phi) is 2.36. The number of nitrogens with zero attached hydrogens (tertiary/aromatic N) is 2. The van der Waals surface area contributed by atoms with Gasteiger partial charge in [0.25, 0.3) is 0 Å². The number of hydrogen-bond acceptors (Lipinski definition) is 2. The molecular weight excluding hydrogens is 162 g/mol. The van der Waals surface area contributed by atoms with Crippen LogP contribution < -0.4 is 5.73 Å². The predicted molar refractivity (Wildman–Crippen MR) is 52.6 cm³/mol. The highest BCUT2D eigenvalue weighted by molar-refractivity contribution is 5.11. The molecule has 1 atom stereocenters. The minimum absolute atomic E-state index is 0.558. The molecule has 0 saturated carbocycles. The number of hydrogen-bond donors (Lipinski definition) is 1. The second kappa shape index (κ2) is 3.50. The first-order valence-corrected chi connectivity index (χ1v) is 5.06. The van der Waals surface area contributed by atoms with Crippen LogP contribution in [0.1, 0.15) is 36.7 Å². The topological polar surface area (TPSA) is 43.8 Å². The lowest BCUT2D eigenvalue weighted by atomic mass is 10.0. The van der Waals surface area contributed by atoms with E-state index in [9.17, 15) is 0 Å². The van der Waals surface area contributed by atoms with Gasteiger partial charge >= 0.3 is 0 Å². The van der Waals surface area contributed by atoms with Crippen LogP contribution in [0.4, 0.5) is 0 Å². The van der Waals surface area contributed by atoms with Gasteiger partial charge in [0.05, 0.1) is 11.7 Å². The summed E-state index contributed by atoms with van der Waals surface area (Å²) in [6, 6.07) is 2.75. The quantitative estimate of drug-likeness (QED) is 0.746. The van der Waals surface area contributed by atoms with Crippen molar-refractivity contribution in [1.82, 2.24) is 9.78 Å². The summed E-state index contributed by atoms with van der Waals surface area (Å²) in [6.45, 7) is 2.83. The van der Waals surface area contributed by atoms with Gasteiger partial charge in [0.15, 0.2) is 0 Å². The molecule has 1 aliphatic heterocycles. The molecule has 1 aliphatic rings. The second-order valence-electron chi connectivity index (χ2n) is 3.85. The van der Waals surface area contributed by atoms with Crippen LogP contribution in [0.3, 0.4) is 0 Å². The summed E-state index contributed by atoms with van der Waals surface area (Å²) in [6.07, 6.45) is 4.77. The molecular formula is C10H17N3. The zero-order chi connectivity index (χ0) is 9.26. The Labute approximate surface area is 78.9 Å². The fraction of sp³-hybridized carbons (Fsp3) is 0.700. The maximum absolute atomic E-state index is 5.58. The minimum Gasteiger partial charge on any atom is -0.330 e. The Bertz CT molecular complexity index is 290.